The minimum absolute atomic E-state index is 0.136. The molecule has 0 aromatic heterocycles. The lowest BCUT2D eigenvalue weighted by molar-refractivity contribution is 0.0990. The minimum atomic E-state index is 0.136. The summed E-state index contributed by atoms with van der Waals surface area (Å²) in [6.07, 6.45) is 6.05. The zero-order chi connectivity index (χ0) is 13.7. The van der Waals surface area contributed by atoms with Crippen LogP contribution in [0.15, 0.2) is 24.3 Å². The average molecular weight is 263 g/mol. The van der Waals surface area contributed by atoms with Gasteiger partial charge in [0.15, 0.2) is 0 Å². The van der Waals surface area contributed by atoms with E-state index in [9.17, 15) is 0 Å². The molecule has 1 aliphatic rings. The molecular formula is C16H25NO2. The first-order valence-electron chi connectivity index (χ1n) is 7.29. The lowest BCUT2D eigenvalue weighted by Gasteiger charge is -2.34. The summed E-state index contributed by atoms with van der Waals surface area (Å²) in [6.45, 7) is 2.24. The monoisotopic (exact) mass is 263 g/mol. The SMILES string of the molecule is CCCC1CCC(N)C(Oc2cccc(OC)c2)C1. The molecule has 0 aliphatic heterocycles. The average Bonchev–Trinajstić information content (AvgIpc) is 2.43. The topological polar surface area (TPSA) is 44.5 Å². The van der Waals surface area contributed by atoms with E-state index in [0.29, 0.717) is 0 Å². The molecule has 0 bridgehead atoms. The van der Waals surface area contributed by atoms with Crippen molar-refractivity contribution in [2.45, 2.75) is 51.2 Å². The van der Waals surface area contributed by atoms with E-state index in [0.717, 1.165) is 30.3 Å². The van der Waals surface area contributed by atoms with Gasteiger partial charge in [0.05, 0.1) is 7.11 Å². The van der Waals surface area contributed by atoms with Gasteiger partial charge in [-0.05, 0) is 37.3 Å². The third-order valence-corrected chi connectivity index (χ3v) is 3.98. The van der Waals surface area contributed by atoms with Crippen molar-refractivity contribution in [3.8, 4) is 11.5 Å². The van der Waals surface area contributed by atoms with Crippen LogP contribution in [0.3, 0.4) is 0 Å². The summed E-state index contributed by atoms with van der Waals surface area (Å²) >= 11 is 0. The van der Waals surface area contributed by atoms with Gasteiger partial charge in [-0.3, -0.25) is 0 Å². The lowest BCUT2D eigenvalue weighted by Crippen LogP contribution is -2.43. The summed E-state index contributed by atoms with van der Waals surface area (Å²) in [6, 6.07) is 7.92. The van der Waals surface area contributed by atoms with E-state index in [1.54, 1.807) is 7.11 Å². The van der Waals surface area contributed by atoms with Gasteiger partial charge in [-0.2, -0.15) is 0 Å². The van der Waals surface area contributed by atoms with E-state index in [1.165, 1.54) is 19.3 Å². The summed E-state index contributed by atoms with van der Waals surface area (Å²) < 4.78 is 11.3. The second kappa shape index (κ2) is 6.80. The summed E-state index contributed by atoms with van der Waals surface area (Å²) in [5.74, 6) is 2.45. The van der Waals surface area contributed by atoms with Crippen molar-refractivity contribution in [3.05, 3.63) is 24.3 Å². The van der Waals surface area contributed by atoms with Crippen LogP contribution in [-0.2, 0) is 0 Å². The molecule has 2 N–H and O–H groups in total. The van der Waals surface area contributed by atoms with Gasteiger partial charge in [0, 0.05) is 12.1 Å². The Morgan fingerprint density at radius 1 is 1.26 bits per heavy atom. The largest absolute Gasteiger partial charge is 0.497 e. The van der Waals surface area contributed by atoms with Gasteiger partial charge in [0.25, 0.3) is 0 Å². The number of hydrogen-bond acceptors (Lipinski definition) is 3. The van der Waals surface area contributed by atoms with Crippen LogP contribution in [-0.4, -0.2) is 19.3 Å². The first-order chi connectivity index (χ1) is 9.22. The van der Waals surface area contributed by atoms with Gasteiger partial charge in [0.1, 0.15) is 17.6 Å². The van der Waals surface area contributed by atoms with Crippen molar-refractivity contribution in [1.29, 1.82) is 0 Å². The maximum atomic E-state index is 6.20. The van der Waals surface area contributed by atoms with Crippen molar-refractivity contribution < 1.29 is 9.47 Å². The molecule has 3 atom stereocenters. The van der Waals surface area contributed by atoms with E-state index >= 15 is 0 Å². The van der Waals surface area contributed by atoms with Gasteiger partial charge < -0.3 is 15.2 Å². The Morgan fingerprint density at radius 2 is 2.05 bits per heavy atom. The number of ether oxygens (including phenoxy) is 2. The highest BCUT2D eigenvalue weighted by Gasteiger charge is 2.29. The smallest absolute Gasteiger partial charge is 0.123 e. The number of benzene rings is 1. The van der Waals surface area contributed by atoms with Crippen LogP contribution in [0.1, 0.15) is 39.0 Å². The van der Waals surface area contributed by atoms with E-state index in [2.05, 4.69) is 6.92 Å². The molecule has 0 spiro atoms. The standard InChI is InChI=1S/C16H25NO2/c1-3-5-12-8-9-15(17)16(10-12)19-14-7-4-6-13(11-14)18-2/h4,6-7,11-12,15-16H,3,5,8-10,17H2,1-2H3. The normalized spacial score (nSPS) is 27.0. The van der Waals surface area contributed by atoms with Gasteiger partial charge in [0.2, 0.25) is 0 Å². The van der Waals surface area contributed by atoms with Crippen LogP contribution in [0, 0.1) is 5.92 Å². The van der Waals surface area contributed by atoms with Gasteiger partial charge in [-0.15, -0.1) is 0 Å². The molecule has 1 aliphatic carbocycles. The molecule has 106 valence electrons. The molecule has 0 saturated heterocycles. The van der Waals surface area contributed by atoms with Crippen LogP contribution in [0.2, 0.25) is 0 Å². The molecule has 1 saturated carbocycles. The van der Waals surface area contributed by atoms with Gasteiger partial charge >= 0.3 is 0 Å². The fourth-order valence-electron chi connectivity index (χ4n) is 2.89. The van der Waals surface area contributed by atoms with Crippen LogP contribution < -0.4 is 15.2 Å². The van der Waals surface area contributed by atoms with Crippen LogP contribution in [0.4, 0.5) is 0 Å². The van der Waals surface area contributed by atoms with Crippen molar-refractivity contribution in [3.63, 3.8) is 0 Å². The third kappa shape index (κ3) is 3.87. The Morgan fingerprint density at radius 3 is 2.79 bits per heavy atom. The van der Waals surface area contributed by atoms with E-state index in [1.807, 2.05) is 24.3 Å². The maximum absolute atomic E-state index is 6.20. The molecule has 2 rings (SSSR count). The quantitative estimate of drug-likeness (QED) is 0.885. The molecule has 1 aromatic carbocycles. The van der Waals surface area contributed by atoms with Crippen LogP contribution >= 0.6 is 0 Å². The summed E-state index contributed by atoms with van der Waals surface area (Å²) in [4.78, 5) is 0. The molecular weight excluding hydrogens is 238 g/mol. The van der Waals surface area contributed by atoms with Crippen LogP contribution in [0.25, 0.3) is 0 Å². The summed E-state index contributed by atoms with van der Waals surface area (Å²) in [5.41, 5.74) is 6.20. The molecule has 3 unspecified atom stereocenters. The molecule has 19 heavy (non-hydrogen) atoms. The molecule has 0 heterocycles. The second-order valence-electron chi connectivity index (χ2n) is 5.47. The Hall–Kier alpha value is -1.22. The minimum Gasteiger partial charge on any atom is -0.497 e. The molecule has 0 amide bonds. The number of hydrogen-bond donors (Lipinski definition) is 1. The van der Waals surface area contributed by atoms with Crippen molar-refractivity contribution in [2.75, 3.05) is 7.11 Å². The van der Waals surface area contributed by atoms with E-state index in [-0.39, 0.29) is 12.1 Å². The third-order valence-electron chi connectivity index (χ3n) is 3.98. The Labute approximate surface area is 116 Å². The Bertz CT molecular complexity index is 394. The summed E-state index contributed by atoms with van der Waals surface area (Å²) in [7, 11) is 1.67. The highest BCUT2D eigenvalue weighted by Crippen LogP contribution is 2.30. The van der Waals surface area contributed by atoms with Gasteiger partial charge in [-0.1, -0.05) is 25.8 Å². The number of nitrogens with two attached hydrogens (primary N) is 1. The van der Waals surface area contributed by atoms with Crippen molar-refractivity contribution in [2.24, 2.45) is 11.7 Å². The maximum Gasteiger partial charge on any atom is 0.123 e. The first kappa shape index (κ1) is 14.2. The predicted octanol–water partition coefficient (Wildman–Crippen LogP) is 3.37. The molecule has 3 heteroatoms. The molecule has 1 aromatic rings. The Balaban J connectivity index is 1.99. The van der Waals surface area contributed by atoms with Crippen LogP contribution in [0.5, 0.6) is 11.5 Å². The fourth-order valence-corrected chi connectivity index (χ4v) is 2.89. The number of rotatable bonds is 5. The predicted molar refractivity (Wildman–Crippen MR) is 77.6 cm³/mol. The highest BCUT2D eigenvalue weighted by molar-refractivity contribution is 5.33. The summed E-state index contributed by atoms with van der Waals surface area (Å²) in [5, 5.41) is 0. The van der Waals surface area contributed by atoms with Crippen molar-refractivity contribution in [1.82, 2.24) is 0 Å². The number of methoxy groups -OCH3 is 1. The molecule has 3 nitrogen and oxygen atoms in total. The zero-order valence-corrected chi connectivity index (χ0v) is 12.0. The molecule has 0 radical (unpaired) electrons. The van der Waals surface area contributed by atoms with E-state index in [4.69, 9.17) is 15.2 Å². The van der Waals surface area contributed by atoms with Crippen molar-refractivity contribution >= 4 is 0 Å². The Kier molecular flexibility index (Phi) is 5.08. The van der Waals surface area contributed by atoms with Gasteiger partial charge in [-0.25, -0.2) is 0 Å². The second-order valence-corrected chi connectivity index (χ2v) is 5.47. The first-order valence-corrected chi connectivity index (χ1v) is 7.29. The highest BCUT2D eigenvalue weighted by atomic mass is 16.5. The van der Waals surface area contributed by atoms with E-state index < -0.39 is 0 Å². The molecule has 1 fully saturated rings. The zero-order valence-electron chi connectivity index (χ0n) is 12.0. The fraction of sp³-hybridized carbons (Fsp3) is 0.625. The lowest BCUT2D eigenvalue weighted by atomic mass is 9.82.